The van der Waals surface area contributed by atoms with Crippen LogP contribution in [0.25, 0.3) is 0 Å². The molecule has 2 rings (SSSR count). The van der Waals surface area contributed by atoms with Gasteiger partial charge in [-0.25, -0.2) is 0 Å². The van der Waals surface area contributed by atoms with Gasteiger partial charge in [-0.3, -0.25) is 10.2 Å². The zero-order chi connectivity index (χ0) is 16.7. The van der Waals surface area contributed by atoms with Gasteiger partial charge in [0.2, 0.25) is 5.91 Å². The zero-order valence-electron chi connectivity index (χ0n) is 13.2. The van der Waals surface area contributed by atoms with E-state index >= 15 is 0 Å². The molecule has 122 valence electrons. The number of nitrogens with one attached hydrogen (secondary N) is 1. The van der Waals surface area contributed by atoms with Crippen LogP contribution in [0.5, 0.6) is 0 Å². The summed E-state index contributed by atoms with van der Waals surface area (Å²) in [6.07, 6.45) is -4.44. The topological polar surface area (TPSA) is 32.3 Å². The zero-order valence-corrected chi connectivity index (χ0v) is 13.2. The fourth-order valence-corrected chi connectivity index (χ4v) is 2.79. The van der Waals surface area contributed by atoms with Crippen molar-refractivity contribution in [3.63, 3.8) is 0 Å². The lowest BCUT2D eigenvalue weighted by atomic mass is 9.94. The van der Waals surface area contributed by atoms with E-state index in [9.17, 15) is 18.0 Å². The Hall–Kier alpha value is -1.56. The molecule has 0 aliphatic carbocycles. The van der Waals surface area contributed by atoms with E-state index in [1.807, 2.05) is 19.9 Å². The molecule has 1 atom stereocenters. The normalized spacial score (nSPS) is 20.3. The number of amides is 1. The van der Waals surface area contributed by atoms with E-state index < -0.39 is 17.8 Å². The third-order valence-corrected chi connectivity index (χ3v) is 3.95. The molecule has 1 aliphatic heterocycles. The summed E-state index contributed by atoms with van der Waals surface area (Å²) < 4.78 is 41.0. The second kappa shape index (κ2) is 5.57. The van der Waals surface area contributed by atoms with Crippen molar-refractivity contribution in [2.24, 2.45) is 0 Å². The summed E-state index contributed by atoms with van der Waals surface area (Å²) in [6.45, 7) is 7.14. The van der Waals surface area contributed by atoms with E-state index in [1.165, 1.54) is 6.07 Å². The van der Waals surface area contributed by atoms with Crippen molar-refractivity contribution >= 4 is 5.91 Å². The lowest BCUT2D eigenvalue weighted by molar-refractivity contribution is -0.203. The number of halogens is 3. The van der Waals surface area contributed by atoms with Crippen LogP contribution >= 0.6 is 0 Å². The molecule has 0 unspecified atom stereocenters. The highest BCUT2D eigenvalue weighted by Crippen LogP contribution is 2.43. The first kappa shape index (κ1) is 16.8. The minimum absolute atomic E-state index is 0.0451. The molecule has 1 aromatic rings. The highest BCUT2D eigenvalue weighted by atomic mass is 19.4. The second-order valence-electron chi connectivity index (χ2n) is 6.66. The van der Waals surface area contributed by atoms with Crippen LogP contribution in [-0.4, -0.2) is 22.6 Å². The molecule has 1 amide bonds. The van der Waals surface area contributed by atoms with E-state index in [0.717, 1.165) is 10.6 Å². The summed E-state index contributed by atoms with van der Waals surface area (Å²) in [5.74, 6) is -0.255. The molecule has 0 bridgehead atoms. The monoisotopic (exact) mass is 314 g/mol. The predicted octanol–water partition coefficient (Wildman–Crippen LogP) is 3.93. The molecule has 22 heavy (non-hydrogen) atoms. The Morgan fingerprint density at radius 2 is 1.82 bits per heavy atom. The van der Waals surface area contributed by atoms with Gasteiger partial charge in [0.1, 0.15) is 0 Å². The van der Waals surface area contributed by atoms with Gasteiger partial charge in [-0.15, -0.1) is 0 Å². The Morgan fingerprint density at radius 3 is 2.27 bits per heavy atom. The summed E-state index contributed by atoms with van der Waals surface area (Å²) in [7, 11) is 0. The van der Waals surface area contributed by atoms with Crippen molar-refractivity contribution in [2.75, 3.05) is 0 Å². The molecule has 1 saturated heterocycles. The van der Waals surface area contributed by atoms with Crippen LogP contribution in [0.4, 0.5) is 13.2 Å². The van der Waals surface area contributed by atoms with Crippen molar-refractivity contribution in [3.05, 3.63) is 35.4 Å². The summed E-state index contributed by atoms with van der Waals surface area (Å²) in [4.78, 5) is 11.6. The molecular formula is C16H21F3N2O. The molecule has 0 aromatic heterocycles. The molecule has 1 fully saturated rings. The van der Waals surface area contributed by atoms with Crippen LogP contribution in [0.1, 0.15) is 57.2 Å². The number of carbonyl (C=O) groups excluding carboxylic acids is 1. The quantitative estimate of drug-likeness (QED) is 0.917. The lowest BCUT2D eigenvalue weighted by Crippen LogP contribution is -2.51. The highest BCUT2D eigenvalue weighted by molar-refractivity contribution is 5.79. The first-order valence-electron chi connectivity index (χ1n) is 7.28. The van der Waals surface area contributed by atoms with Gasteiger partial charge in [0, 0.05) is 12.0 Å². The Kier molecular flexibility index (Phi) is 4.26. The van der Waals surface area contributed by atoms with Gasteiger partial charge in [0.15, 0.2) is 6.04 Å². The molecule has 0 radical (unpaired) electrons. The van der Waals surface area contributed by atoms with Gasteiger partial charge in [0.05, 0.1) is 0 Å². The van der Waals surface area contributed by atoms with Crippen LogP contribution < -0.4 is 5.43 Å². The Morgan fingerprint density at radius 1 is 1.23 bits per heavy atom. The van der Waals surface area contributed by atoms with Gasteiger partial charge < -0.3 is 0 Å². The van der Waals surface area contributed by atoms with E-state index in [2.05, 4.69) is 5.43 Å². The van der Waals surface area contributed by atoms with Crippen molar-refractivity contribution in [1.82, 2.24) is 10.4 Å². The van der Waals surface area contributed by atoms with E-state index in [-0.39, 0.29) is 23.8 Å². The van der Waals surface area contributed by atoms with Gasteiger partial charge in [-0.05, 0) is 30.9 Å². The smallest absolute Gasteiger partial charge is 0.287 e. The second-order valence-corrected chi connectivity index (χ2v) is 6.66. The van der Waals surface area contributed by atoms with Gasteiger partial charge in [-0.1, -0.05) is 38.1 Å². The molecular weight excluding hydrogens is 293 g/mol. The number of benzene rings is 1. The first-order valence-corrected chi connectivity index (χ1v) is 7.28. The average Bonchev–Trinajstić information content (AvgIpc) is 2.61. The molecule has 1 N–H and O–H groups in total. The molecule has 0 spiro atoms. The van der Waals surface area contributed by atoms with Gasteiger partial charge in [-0.2, -0.15) is 18.2 Å². The summed E-state index contributed by atoms with van der Waals surface area (Å²) in [5, 5.41) is 1.04. The number of hydrogen-bond donors (Lipinski definition) is 1. The highest BCUT2D eigenvalue weighted by Gasteiger charge is 2.52. The minimum Gasteiger partial charge on any atom is -0.287 e. The number of carbonyl (C=O) groups is 1. The number of alkyl halides is 3. The molecule has 3 nitrogen and oxygen atoms in total. The summed E-state index contributed by atoms with van der Waals surface area (Å²) in [6, 6.07) is 4.63. The van der Waals surface area contributed by atoms with Crippen LogP contribution in [0.2, 0.25) is 0 Å². The van der Waals surface area contributed by atoms with Crippen molar-refractivity contribution in [2.45, 2.75) is 57.8 Å². The van der Waals surface area contributed by atoms with Crippen molar-refractivity contribution in [3.8, 4) is 0 Å². The predicted molar refractivity (Wildman–Crippen MR) is 78.0 cm³/mol. The number of rotatable bonds is 3. The van der Waals surface area contributed by atoms with Crippen molar-refractivity contribution in [1.29, 1.82) is 0 Å². The SMILES string of the molecule is CC(C)c1cccc([C@H](N2NC(=O)CC2(C)C)C(F)(F)F)c1. The van der Waals surface area contributed by atoms with Crippen LogP contribution in [0.3, 0.4) is 0 Å². The van der Waals surface area contributed by atoms with E-state index in [4.69, 9.17) is 0 Å². The number of nitrogens with zero attached hydrogens (tertiary/aromatic N) is 1. The number of hydrazine groups is 1. The fourth-order valence-electron chi connectivity index (χ4n) is 2.79. The molecule has 0 saturated carbocycles. The average molecular weight is 314 g/mol. The minimum atomic E-state index is -4.48. The number of hydrogen-bond acceptors (Lipinski definition) is 2. The first-order chi connectivity index (χ1) is 10.0. The maximum Gasteiger partial charge on any atom is 0.409 e. The lowest BCUT2D eigenvalue weighted by Gasteiger charge is -2.38. The summed E-state index contributed by atoms with van der Waals surface area (Å²) >= 11 is 0. The maximum absolute atomic E-state index is 13.7. The third-order valence-electron chi connectivity index (χ3n) is 3.95. The molecule has 6 heteroatoms. The van der Waals surface area contributed by atoms with Crippen molar-refractivity contribution < 1.29 is 18.0 Å². The van der Waals surface area contributed by atoms with Crippen LogP contribution in [0.15, 0.2) is 24.3 Å². The fraction of sp³-hybridized carbons (Fsp3) is 0.562. The Balaban J connectivity index is 2.48. The Bertz CT molecular complexity index is 567. The largest absolute Gasteiger partial charge is 0.409 e. The molecule has 1 heterocycles. The third kappa shape index (κ3) is 3.27. The summed E-state index contributed by atoms with van der Waals surface area (Å²) in [5.41, 5.74) is 2.46. The van der Waals surface area contributed by atoms with Crippen LogP contribution in [-0.2, 0) is 4.79 Å². The molecule has 1 aromatic carbocycles. The maximum atomic E-state index is 13.7. The molecule has 1 aliphatic rings. The standard InChI is InChI=1S/C16H21F3N2O/c1-10(2)11-6-5-7-12(8-11)14(16(17,18)19)21-15(3,4)9-13(22)20-21/h5-8,10,14H,9H2,1-4H3,(H,20,22)/t14-/m0/s1. The Labute approximate surface area is 128 Å². The van der Waals surface area contributed by atoms with E-state index in [1.54, 1.807) is 26.0 Å². The van der Waals surface area contributed by atoms with Crippen LogP contribution in [0, 0.1) is 0 Å². The van der Waals surface area contributed by atoms with Gasteiger partial charge in [0.25, 0.3) is 0 Å². The van der Waals surface area contributed by atoms with E-state index in [0.29, 0.717) is 0 Å². The van der Waals surface area contributed by atoms with Gasteiger partial charge >= 0.3 is 6.18 Å².